The first-order valence-corrected chi connectivity index (χ1v) is 10.8. The fraction of sp³-hybridized carbons (Fsp3) is 0.200. The van der Waals surface area contributed by atoms with Crippen molar-refractivity contribution in [3.8, 4) is 5.75 Å². The Morgan fingerprint density at radius 2 is 1.81 bits per heavy atom. The van der Waals surface area contributed by atoms with E-state index in [2.05, 4.69) is 52.4 Å². The number of aliphatic imine (C=N–C) groups is 1. The maximum atomic E-state index is 11.8. The van der Waals surface area contributed by atoms with E-state index in [4.69, 9.17) is 9.73 Å². The molecule has 1 aliphatic heterocycles. The Morgan fingerprint density at radius 1 is 1.10 bits per heavy atom. The first-order valence-electron chi connectivity index (χ1n) is 10.0. The number of phenols is 1. The average Bonchev–Trinajstić information content (AvgIpc) is 2.80. The van der Waals surface area contributed by atoms with E-state index in [1.54, 1.807) is 18.2 Å². The highest BCUT2D eigenvalue weighted by Gasteiger charge is 2.28. The van der Waals surface area contributed by atoms with Crippen LogP contribution in [-0.4, -0.2) is 23.9 Å². The topological polar surface area (TPSA) is 70.9 Å². The van der Waals surface area contributed by atoms with Crippen LogP contribution in [0.25, 0.3) is 0 Å². The molecule has 1 aliphatic rings. The van der Waals surface area contributed by atoms with Gasteiger partial charge in [-0.1, -0.05) is 57.9 Å². The zero-order chi connectivity index (χ0) is 22.0. The second-order valence-corrected chi connectivity index (χ2v) is 8.50. The molecule has 0 spiro atoms. The Bertz CT molecular complexity index is 1120. The van der Waals surface area contributed by atoms with Gasteiger partial charge in [-0.05, 0) is 48.4 Å². The zero-order valence-electron chi connectivity index (χ0n) is 17.3. The first kappa shape index (κ1) is 21.3. The highest BCUT2D eigenvalue weighted by Crippen LogP contribution is 2.35. The number of aryl methyl sites for hydroxylation is 1. The summed E-state index contributed by atoms with van der Waals surface area (Å²) in [5.74, 6) is -0.130. The van der Waals surface area contributed by atoms with Crippen LogP contribution in [-0.2, 0) is 4.74 Å². The summed E-state index contributed by atoms with van der Waals surface area (Å²) in [7, 11) is 1.37. The number of rotatable bonds is 4. The molecule has 2 atom stereocenters. The van der Waals surface area contributed by atoms with E-state index in [1.165, 1.54) is 12.7 Å². The summed E-state index contributed by atoms with van der Waals surface area (Å²) in [5.41, 5.74) is 5.44. The van der Waals surface area contributed by atoms with Crippen molar-refractivity contribution >= 4 is 27.6 Å². The van der Waals surface area contributed by atoms with Crippen molar-refractivity contribution < 1.29 is 14.6 Å². The Morgan fingerprint density at radius 3 is 2.48 bits per heavy atom. The van der Waals surface area contributed by atoms with E-state index in [0.717, 1.165) is 26.9 Å². The van der Waals surface area contributed by atoms with E-state index >= 15 is 0 Å². The smallest absolute Gasteiger partial charge is 0.337 e. The van der Waals surface area contributed by atoms with Crippen LogP contribution in [0, 0.1) is 6.92 Å². The van der Waals surface area contributed by atoms with Crippen LogP contribution in [0.1, 0.15) is 51.2 Å². The second kappa shape index (κ2) is 9.04. The van der Waals surface area contributed by atoms with Gasteiger partial charge in [0.25, 0.3) is 0 Å². The van der Waals surface area contributed by atoms with Crippen LogP contribution in [0.3, 0.4) is 0 Å². The minimum atomic E-state index is -0.371. The Hall–Kier alpha value is -2.96. The summed E-state index contributed by atoms with van der Waals surface area (Å²) in [6, 6.07) is 20.9. The van der Waals surface area contributed by atoms with Gasteiger partial charge in [-0.15, -0.1) is 0 Å². The number of carbonyl (C=O) groups is 1. The number of benzene rings is 3. The van der Waals surface area contributed by atoms with Crippen LogP contribution in [0.5, 0.6) is 5.75 Å². The fourth-order valence-corrected chi connectivity index (χ4v) is 4.10. The average molecular weight is 479 g/mol. The van der Waals surface area contributed by atoms with Gasteiger partial charge in [-0.25, -0.2) is 4.79 Å². The maximum absolute atomic E-state index is 11.8. The molecular weight excluding hydrogens is 456 g/mol. The van der Waals surface area contributed by atoms with Gasteiger partial charge in [0.1, 0.15) is 11.9 Å². The zero-order valence-corrected chi connectivity index (χ0v) is 18.9. The molecule has 3 aromatic carbocycles. The number of hydrogen-bond donors (Lipinski definition) is 2. The van der Waals surface area contributed by atoms with Gasteiger partial charge in [0.2, 0.25) is 0 Å². The van der Waals surface area contributed by atoms with Gasteiger partial charge in [-0.3, -0.25) is 10.3 Å². The number of esters is 1. The van der Waals surface area contributed by atoms with Gasteiger partial charge in [0, 0.05) is 28.2 Å². The van der Waals surface area contributed by atoms with Crippen molar-refractivity contribution in [1.29, 1.82) is 0 Å². The first-order chi connectivity index (χ1) is 14.9. The quantitative estimate of drug-likeness (QED) is 0.487. The number of nitrogens with one attached hydrogen (secondary N) is 1. The summed E-state index contributed by atoms with van der Waals surface area (Å²) in [4.78, 5) is 16.7. The lowest BCUT2D eigenvalue weighted by Crippen LogP contribution is -2.33. The van der Waals surface area contributed by atoms with Crippen LogP contribution >= 0.6 is 15.9 Å². The third kappa shape index (κ3) is 4.70. The van der Waals surface area contributed by atoms with Gasteiger partial charge in [0.05, 0.1) is 12.7 Å². The number of carbonyl (C=O) groups excluding carboxylic acids is 1. The molecule has 5 nitrogen and oxygen atoms in total. The molecule has 0 fully saturated rings. The van der Waals surface area contributed by atoms with E-state index in [0.29, 0.717) is 12.0 Å². The largest absolute Gasteiger partial charge is 0.508 e. The molecular formula is C25H23BrN2O3. The lowest BCUT2D eigenvalue weighted by atomic mass is 9.93. The highest BCUT2D eigenvalue weighted by molar-refractivity contribution is 9.10. The van der Waals surface area contributed by atoms with E-state index in [1.807, 2.05) is 24.3 Å². The predicted octanol–water partition coefficient (Wildman–Crippen LogP) is 5.47. The number of halogens is 1. The van der Waals surface area contributed by atoms with Gasteiger partial charge in [-0.2, -0.15) is 0 Å². The third-order valence-corrected chi connectivity index (χ3v) is 5.93. The summed E-state index contributed by atoms with van der Waals surface area (Å²) in [5, 5.41) is 14.1. The van der Waals surface area contributed by atoms with Crippen LogP contribution in [0.2, 0.25) is 0 Å². The Balaban J connectivity index is 1.73. The summed E-state index contributed by atoms with van der Waals surface area (Å²) < 4.78 is 5.69. The Labute approximate surface area is 189 Å². The molecule has 0 bridgehead atoms. The molecule has 6 heteroatoms. The number of aromatic hydroxyl groups is 1. The van der Waals surface area contributed by atoms with E-state index in [9.17, 15) is 9.90 Å². The monoisotopic (exact) mass is 478 g/mol. The number of phenolic OH excluding ortho intramolecular Hbond substituents is 1. The summed E-state index contributed by atoms with van der Waals surface area (Å²) in [6.45, 7) is 2.06. The van der Waals surface area contributed by atoms with E-state index < -0.39 is 0 Å². The third-order valence-electron chi connectivity index (χ3n) is 5.44. The van der Waals surface area contributed by atoms with Crippen molar-refractivity contribution in [1.82, 2.24) is 5.32 Å². The molecule has 0 radical (unpaired) electrons. The lowest BCUT2D eigenvalue weighted by molar-refractivity contribution is 0.0600. The highest BCUT2D eigenvalue weighted by atomic mass is 79.9. The molecule has 0 unspecified atom stereocenters. The van der Waals surface area contributed by atoms with Crippen molar-refractivity contribution in [3.63, 3.8) is 0 Å². The number of methoxy groups -OCH3 is 1. The maximum Gasteiger partial charge on any atom is 0.337 e. The fourth-order valence-electron chi connectivity index (χ4n) is 3.72. The van der Waals surface area contributed by atoms with Gasteiger partial charge in [0.15, 0.2) is 0 Å². The molecule has 3 aromatic rings. The SMILES string of the molecule is COC(=O)c1ccc([C@@H]2N=C(c3ccc(C)cc3)C[C@H](c3cc(Br)ccc3O)N2)cc1. The molecule has 2 N–H and O–H groups in total. The number of nitrogens with zero attached hydrogens (tertiary/aromatic N) is 1. The van der Waals surface area contributed by atoms with Crippen molar-refractivity contribution in [2.45, 2.75) is 25.6 Å². The van der Waals surface area contributed by atoms with Crippen LogP contribution in [0.4, 0.5) is 0 Å². The molecule has 1 heterocycles. The summed E-state index contributed by atoms with van der Waals surface area (Å²) >= 11 is 3.51. The molecule has 0 aromatic heterocycles. The van der Waals surface area contributed by atoms with Crippen molar-refractivity contribution in [3.05, 3.63) is 99.0 Å². The minimum Gasteiger partial charge on any atom is -0.508 e. The van der Waals surface area contributed by atoms with Crippen molar-refractivity contribution in [2.75, 3.05) is 7.11 Å². The van der Waals surface area contributed by atoms with Crippen LogP contribution < -0.4 is 5.32 Å². The molecule has 31 heavy (non-hydrogen) atoms. The second-order valence-electron chi connectivity index (χ2n) is 7.58. The van der Waals surface area contributed by atoms with Crippen LogP contribution in [0.15, 0.2) is 76.2 Å². The number of ether oxygens (including phenoxy) is 1. The molecule has 158 valence electrons. The molecule has 0 saturated heterocycles. The van der Waals surface area contributed by atoms with E-state index in [-0.39, 0.29) is 23.9 Å². The van der Waals surface area contributed by atoms with Gasteiger partial charge >= 0.3 is 5.97 Å². The predicted molar refractivity (Wildman–Crippen MR) is 125 cm³/mol. The molecule has 4 rings (SSSR count). The lowest BCUT2D eigenvalue weighted by Gasteiger charge is -2.31. The normalized spacial score (nSPS) is 18.4. The molecule has 0 amide bonds. The molecule has 0 saturated carbocycles. The Kier molecular flexibility index (Phi) is 6.20. The van der Waals surface area contributed by atoms with Gasteiger partial charge < -0.3 is 9.84 Å². The molecule has 0 aliphatic carbocycles. The number of hydrogen-bond acceptors (Lipinski definition) is 5. The standard InChI is InChI=1S/C25H23BrN2O3/c1-15-3-5-16(6-4-15)21-14-22(20-13-19(26)11-12-23(20)29)28-24(27-21)17-7-9-18(10-8-17)25(30)31-2/h3-13,22,24,28-29H,14H2,1-2H3/t22-,24-/m1/s1. The minimum absolute atomic E-state index is 0.128. The summed E-state index contributed by atoms with van der Waals surface area (Å²) in [6.07, 6.45) is 0.323. The van der Waals surface area contributed by atoms with Crippen molar-refractivity contribution in [2.24, 2.45) is 4.99 Å².